The Balaban J connectivity index is 1.54. The van der Waals surface area contributed by atoms with E-state index in [2.05, 4.69) is 15.3 Å². The van der Waals surface area contributed by atoms with Gasteiger partial charge in [0.2, 0.25) is 5.91 Å². The van der Waals surface area contributed by atoms with Crippen LogP contribution in [0.4, 0.5) is 10.5 Å². The van der Waals surface area contributed by atoms with Gasteiger partial charge in [-0.05, 0) is 50.5 Å². The summed E-state index contributed by atoms with van der Waals surface area (Å²) in [6.07, 6.45) is 3.99. The second-order valence-electron chi connectivity index (χ2n) is 5.93. The fourth-order valence-corrected chi connectivity index (χ4v) is 3.93. The number of amides is 3. The van der Waals surface area contributed by atoms with E-state index in [-0.39, 0.29) is 17.6 Å². The standard InChI is InChI=1S/C18H21N3O3S/c1-2-24-13-9-7-12(8-10-13)19-16(22)11-25-17-14-5-3-4-6-15(14)20-18(23)21-17/h7-10,14H,2-6,11H2,1H3,(H,19,22). The molecule has 1 atom stereocenters. The molecule has 1 aliphatic heterocycles. The lowest BCUT2D eigenvalue weighted by Crippen LogP contribution is -2.31. The van der Waals surface area contributed by atoms with Crippen LogP contribution in [-0.2, 0) is 4.79 Å². The molecular formula is C18H21N3O3S. The van der Waals surface area contributed by atoms with Gasteiger partial charge in [0.25, 0.3) is 0 Å². The molecule has 7 heteroatoms. The number of carbonyl (C=O) groups excluding carboxylic acids is 2. The molecule has 0 spiro atoms. The first-order valence-electron chi connectivity index (χ1n) is 8.51. The average molecular weight is 359 g/mol. The van der Waals surface area contributed by atoms with Crippen LogP contribution in [0.15, 0.2) is 34.3 Å². The quantitative estimate of drug-likeness (QED) is 0.864. The van der Waals surface area contributed by atoms with Gasteiger partial charge in [0, 0.05) is 17.3 Å². The fraction of sp³-hybridized carbons (Fsp3) is 0.444. The number of nitrogens with zero attached hydrogens (tertiary/aromatic N) is 2. The molecule has 1 unspecified atom stereocenters. The number of benzene rings is 1. The number of thioether (sulfide) groups is 1. The largest absolute Gasteiger partial charge is 0.494 e. The topological polar surface area (TPSA) is 80.1 Å². The lowest BCUT2D eigenvalue weighted by atomic mass is 9.87. The summed E-state index contributed by atoms with van der Waals surface area (Å²) in [6, 6.07) is 6.81. The normalized spacial score (nSPS) is 19.6. The molecule has 25 heavy (non-hydrogen) atoms. The van der Waals surface area contributed by atoms with Crippen LogP contribution in [-0.4, -0.2) is 35.1 Å². The van der Waals surface area contributed by atoms with Gasteiger partial charge in [-0.2, -0.15) is 4.99 Å². The van der Waals surface area contributed by atoms with Crippen LogP contribution in [0.1, 0.15) is 32.6 Å². The van der Waals surface area contributed by atoms with Crippen molar-refractivity contribution >= 4 is 40.1 Å². The molecule has 2 aliphatic rings. The molecule has 1 N–H and O–H groups in total. The third-order valence-electron chi connectivity index (χ3n) is 4.12. The second-order valence-corrected chi connectivity index (χ2v) is 6.92. The Morgan fingerprint density at radius 3 is 2.84 bits per heavy atom. The van der Waals surface area contributed by atoms with Gasteiger partial charge in [0.1, 0.15) is 5.75 Å². The zero-order valence-electron chi connectivity index (χ0n) is 14.2. The predicted molar refractivity (Wildman–Crippen MR) is 101 cm³/mol. The van der Waals surface area contributed by atoms with E-state index < -0.39 is 6.03 Å². The molecule has 1 fully saturated rings. The van der Waals surface area contributed by atoms with Crippen molar-refractivity contribution in [3.63, 3.8) is 0 Å². The van der Waals surface area contributed by atoms with Crippen LogP contribution in [0, 0.1) is 5.92 Å². The van der Waals surface area contributed by atoms with E-state index in [1.165, 1.54) is 11.8 Å². The van der Waals surface area contributed by atoms with Crippen LogP contribution < -0.4 is 10.1 Å². The molecule has 0 aromatic heterocycles. The lowest BCUT2D eigenvalue weighted by molar-refractivity contribution is -0.113. The van der Waals surface area contributed by atoms with Gasteiger partial charge in [-0.25, -0.2) is 9.79 Å². The maximum atomic E-state index is 12.2. The van der Waals surface area contributed by atoms with Gasteiger partial charge >= 0.3 is 6.03 Å². The highest BCUT2D eigenvalue weighted by atomic mass is 32.2. The van der Waals surface area contributed by atoms with Gasteiger partial charge < -0.3 is 10.1 Å². The highest BCUT2D eigenvalue weighted by molar-refractivity contribution is 8.14. The van der Waals surface area contributed by atoms with Crippen LogP contribution in [0.3, 0.4) is 0 Å². The maximum Gasteiger partial charge on any atom is 0.367 e. The van der Waals surface area contributed by atoms with Crippen LogP contribution in [0.2, 0.25) is 0 Å². The summed E-state index contributed by atoms with van der Waals surface area (Å²) in [6.45, 7) is 2.53. The van der Waals surface area contributed by atoms with Crippen molar-refractivity contribution in [1.82, 2.24) is 0 Å². The molecule has 3 amide bonds. The molecular weight excluding hydrogens is 338 g/mol. The average Bonchev–Trinajstić information content (AvgIpc) is 2.61. The number of carbonyl (C=O) groups is 2. The fourth-order valence-electron chi connectivity index (χ4n) is 2.99. The third-order valence-corrected chi connectivity index (χ3v) is 5.20. The Morgan fingerprint density at radius 1 is 1.28 bits per heavy atom. The van der Waals surface area contributed by atoms with E-state index in [9.17, 15) is 9.59 Å². The van der Waals surface area contributed by atoms with Gasteiger partial charge in [0.05, 0.1) is 17.4 Å². The number of hydrogen-bond acceptors (Lipinski definition) is 4. The highest BCUT2D eigenvalue weighted by Gasteiger charge is 2.30. The van der Waals surface area contributed by atoms with Crippen molar-refractivity contribution < 1.29 is 14.3 Å². The van der Waals surface area contributed by atoms with Crippen molar-refractivity contribution in [3.8, 4) is 5.75 Å². The molecule has 1 saturated carbocycles. The Kier molecular flexibility index (Phi) is 5.86. The van der Waals surface area contributed by atoms with Crippen molar-refractivity contribution in [1.29, 1.82) is 0 Å². The third kappa shape index (κ3) is 4.69. The summed E-state index contributed by atoms with van der Waals surface area (Å²) in [5.74, 6) is 0.997. The first kappa shape index (κ1) is 17.7. The zero-order valence-corrected chi connectivity index (χ0v) is 15.0. The van der Waals surface area contributed by atoms with Gasteiger partial charge in [0.15, 0.2) is 0 Å². The first-order valence-corrected chi connectivity index (χ1v) is 9.50. The summed E-state index contributed by atoms with van der Waals surface area (Å²) in [7, 11) is 0. The van der Waals surface area contributed by atoms with Gasteiger partial charge in [-0.15, -0.1) is 0 Å². The molecule has 132 valence electrons. The molecule has 1 aromatic carbocycles. The molecule has 0 saturated heterocycles. The van der Waals surface area contributed by atoms with Crippen molar-refractivity contribution in [3.05, 3.63) is 24.3 Å². The number of ether oxygens (including phenoxy) is 1. The Morgan fingerprint density at radius 2 is 2.08 bits per heavy atom. The smallest absolute Gasteiger partial charge is 0.367 e. The molecule has 1 aliphatic carbocycles. The molecule has 1 aromatic rings. The molecule has 6 nitrogen and oxygen atoms in total. The SMILES string of the molecule is CCOc1ccc(NC(=O)CSC2=NC(=O)N=C3CCCCC32)cc1. The number of nitrogens with one attached hydrogen (secondary N) is 1. The van der Waals surface area contributed by atoms with E-state index in [0.717, 1.165) is 47.9 Å². The summed E-state index contributed by atoms with van der Waals surface area (Å²) < 4.78 is 5.38. The summed E-state index contributed by atoms with van der Waals surface area (Å²) in [5, 5.41) is 3.58. The van der Waals surface area contributed by atoms with Crippen LogP contribution in [0.25, 0.3) is 0 Å². The van der Waals surface area contributed by atoms with Gasteiger partial charge in [-0.1, -0.05) is 18.2 Å². The number of hydrogen-bond donors (Lipinski definition) is 1. The summed E-state index contributed by atoms with van der Waals surface area (Å²) in [4.78, 5) is 31.9. The number of anilines is 1. The second kappa shape index (κ2) is 8.29. The number of rotatable bonds is 5. The maximum absolute atomic E-state index is 12.2. The van der Waals surface area contributed by atoms with E-state index in [4.69, 9.17) is 4.74 Å². The Bertz CT molecular complexity index is 713. The van der Waals surface area contributed by atoms with E-state index >= 15 is 0 Å². The van der Waals surface area contributed by atoms with Crippen LogP contribution in [0.5, 0.6) is 5.75 Å². The Labute approximate surface area is 151 Å². The number of urea groups is 1. The van der Waals surface area contributed by atoms with Crippen LogP contribution >= 0.6 is 11.8 Å². The molecule has 3 rings (SSSR count). The molecule has 1 heterocycles. The molecule has 0 radical (unpaired) electrons. The first-order chi connectivity index (χ1) is 12.2. The Hall–Kier alpha value is -2.15. The minimum Gasteiger partial charge on any atom is -0.494 e. The van der Waals surface area contributed by atoms with E-state index in [1.54, 1.807) is 12.1 Å². The lowest BCUT2D eigenvalue weighted by Gasteiger charge is -2.26. The summed E-state index contributed by atoms with van der Waals surface area (Å²) >= 11 is 1.34. The van der Waals surface area contributed by atoms with Crippen molar-refractivity contribution in [2.75, 3.05) is 17.7 Å². The van der Waals surface area contributed by atoms with Crippen molar-refractivity contribution in [2.24, 2.45) is 15.9 Å². The summed E-state index contributed by atoms with van der Waals surface area (Å²) in [5.41, 5.74) is 1.65. The van der Waals surface area contributed by atoms with Gasteiger partial charge in [-0.3, -0.25) is 4.79 Å². The monoisotopic (exact) mass is 359 g/mol. The minimum atomic E-state index is -0.442. The number of fused-ring (bicyclic) bond motifs is 1. The highest BCUT2D eigenvalue weighted by Crippen LogP contribution is 2.30. The molecule has 0 bridgehead atoms. The minimum absolute atomic E-state index is 0.120. The van der Waals surface area contributed by atoms with E-state index in [1.807, 2.05) is 19.1 Å². The predicted octanol–water partition coefficient (Wildman–Crippen LogP) is 3.92. The number of aliphatic imine (C=N–C) groups is 2. The zero-order chi connectivity index (χ0) is 17.6. The van der Waals surface area contributed by atoms with Crippen molar-refractivity contribution in [2.45, 2.75) is 32.6 Å². The van der Waals surface area contributed by atoms with E-state index in [0.29, 0.717) is 6.61 Å².